The monoisotopic (exact) mass is 441 g/mol. The summed E-state index contributed by atoms with van der Waals surface area (Å²) in [6, 6.07) is 17.6. The Morgan fingerprint density at radius 1 is 0.938 bits per heavy atom. The summed E-state index contributed by atoms with van der Waals surface area (Å²) in [4.78, 5) is 20.7. The van der Waals surface area contributed by atoms with E-state index < -0.39 is 11.9 Å². The minimum Gasteiger partial charge on any atom is -0.473 e. The van der Waals surface area contributed by atoms with E-state index in [2.05, 4.69) is 74.2 Å². The molecule has 6 heteroatoms. The lowest BCUT2D eigenvalue weighted by Crippen LogP contribution is -2.25. The number of aryl methyl sites for hydroxylation is 2. The van der Waals surface area contributed by atoms with Gasteiger partial charge in [-0.1, -0.05) is 62.4 Å². The van der Waals surface area contributed by atoms with E-state index >= 15 is 0 Å². The van der Waals surface area contributed by atoms with Crippen LogP contribution in [0.1, 0.15) is 62.0 Å². The Bertz CT molecular complexity index is 819. The zero-order valence-corrected chi connectivity index (χ0v) is 19.3. The Kier molecular flexibility index (Phi) is 10.4. The van der Waals surface area contributed by atoms with Gasteiger partial charge in [-0.25, -0.2) is 9.59 Å². The Labute approximate surface area is 190 Å². The van der Waals surface area contributed by atoms with Gasteiger partial charge in [0, 0.05) is 0 Å². The molecule has 1 aliphatic carbocycles. The molecule has 3 rings (SSSR count). The predicted molar refractivity (Wildman–Crippen MR) is 125 cm³/mol. The van der Waals surface area contributed by atoms with Gasteiger partial charge in [-0.05, 0) is 74.5 Å². The van der Waals surface area contributed by atoms with Gasteiger partial charge in [-0.15, -0.1) is 0 Å². The van der Waals surface area contributed by atoms with Crippen molar-refractivity contribution in [3.05, 3.63) is 70.8 Å². The highest BCUT2D eigenvalue weighted by Crippen LogP contribution is 2.36. The van der Waals surface area contributed by atoms with Crippen LogP contribution in [0.4, 0.5) is 0 Å². The van der Waals surface area contributed by atoms with Gasteiger partial charge < -0.3 is 19.8 Å². The zero-order chi connectivity index (χ0) is 23.5. The molecule has 2 aromatic rings. The van der Waals surface area contributed by atoms with Crippen LogP contribution in [0, 0.1) is 0 Å². The second kappa shape index (κ2) is 13.0. The molecule has 0 amide bonds. The minimum atomic E-state index is -1.82. The topological polar surface area (TPSA) is 87.1 Å². The van der Waals surface area contributed by atoms with Gasteiger partial charge >= 0.3 is 11.9 Å². The lowest BCUT2D eigenvalue weighted by Gasteiger charge is -2.26. The Morgan fingerprint density at radius 3 is 1.84 bits per heavy atom. The fraction of sp³-hybridized carbons (Fsp3) is 0.462. The number of aliphatic carboxylic acids is 2. The number of hydrogen-bond donors (Lipinski definition) is 2. The highest BCUT2D eigenvalue weighted by atomic mass is 16.5. The molecule has 174 valence electrons. The molecule has 0 saturated carbocycles. The molecule has 1 unspecified atom stereocenters. The Balaban J connectivity index is 0.000000534. The van der Waals surface area contributed by atoms with Crippen LogP contribution in [0.3, 0.4) is 0 Å². The van der Waals surface area contributed by atoms with E-state index in [1.165, 1.54) is 35.2 Å². The van der Waals surface area contributed by atoms with Gasteiger partial charge in [0.2, 0.25) is 0 Å². The van der Waals surface area contributed by atoms with Crippen LogP contribution >= 0.6 is 0 Å². The average molecular weight is 442 g/mol. The summed E-state index contributed by atoms with van der Waals surface area (Å²) in [5.74, 6) is -3.65. The lowest BCUT2D eigenvalue weighted by atomic mass is 9.96. The Hall–Kier alpha value is -2.70. The molecule has 0 heterocycles. The fourth-order valence-electron chi connectivity index (χ4n) is 4.06. The van der Waals surface area contributed by atoms with Gasteiger partial charge in [0.1, 0.15) is 6.10 Å². The van der Waals surface area contributed by atoms with Gasteiger partial charge in [0.15, 0.2) is 0 Å². The molecule has 0 aliphatic heterocycles. The molecule has 0 spiro atoms. The van der Waals surface area contributed by atoms with Crippen LogP contribution in [0.15, 0.2) is 48.5 Å². The number of carbonyl (C=O) groups is 2. The molecular formula is C26H35NO5. The van der Waals surface area contributed by atoms with Crippen LogP contribution in [0.25, 0.3) is 0 Å². The molecule has 2 aromatic carbocycles. The first-order valence-electron chi connectivity index (χ1n) is 11.4. The smallest absolute Gasteiger partial charge is 0.414 e. The van der Waals surface area contributed by atoms with E-state index in [1.54, 1.807) is 0 Å². The number of nitrogens with zero attached hydrogens (tertiary/aromatic N) is 1. The third kappa shape index (κ3) is 7.46. The molecule has 0 aromatic heterocycles. The summed E-state index contributed by atoms with van der Waals surface area (Å²) in [5.41, 5.74) is 5.58. The van der Waals surface area contributed by atoms with Crippen molar-refractivity contribution in [3.63, 3.8) is 0 Å². The molecule has 6 nitrogen and oxygen atoms in total. The number of fused-ring (bicyclic) bond motifs is 2. The second-order valence-corrected chi connectivity index (χ2v) is 8.00. The maximum absolute atomic E-state index is 9.10. The molecule has 0 bridgehead atoms. The molecular weight excluding hydrogens is 406 g/mol. The SMILES string of the molecule is CCN(CC)CCCC(C)OC1c2ccccc2CCc2ccccc21.O=C(O)C(=O)O. The Morgan fingerprint density at radius 2 is 1.41 bits per heavy atom. The molecule has 1 aliphatic rings. The molecule has 0 saturated heterocycles. The summed E-state index contributed by atoms with van der Waals surface area (Å²) in [5, 5.41) is 14.8. The average Bonchev–Trinajstić information content (AvgIpc) is 2.94. The third-order valence-electron chi connectivity index (χ3n) is 5.87. The summed E-state index contributed by atoms with van der Waals surface area (Å²) in [6.07, 6.45) is 4.83. The molecule has 1 atom stereocenters. The molecule has 2 N–H and O–H groups in total. The van der Waals surface area contributed by atoms with Crippen molar-refractivity contribution >= 4 is 11.9 Å². The maximum Gasteiger partial charge on any atom is 0.414 e. The summed E-state index contributed by atoms with van der Waals surface area (Å²) >= 11 is 0. The van der Waals surface area contributed by atoms with Crippen molar-refractivity contribution in [1.82, 2.24) is 4.90 Å². The number of rotatable bonds is 8. The quantitative estimate of drug-likeness (QED) is 0.584. The van der Waals surface area contributed by atoms with Crippen LogP contribution in [-0.4, -0.2) is 52.8 Å². The summed E-state index contributed by atoms with van der Waals surface area (Å²) in [7, 11) is 0. The van der Waals surface area contributed by atoms with Crippen molar-refractivity contribution in [2.75, 3.05) is 19.6 Å². The highest BCUT2D eigenvalue weighted by molar-refractivity contribution is 6.27. The maximum atomic E-state index is 9.10. The van der Waals surface area contributed by atoms with E-state index in [-0.39, 0.29) is 12.2 Å². The lowest BCUT2D eigenvalue weighted by molar-refractivity contribution is -0.159. The zero-order valence-electron chi connectivity index (χ0n) is 19.3. The summed E-state index contributed by atoms with van der Waals surface area (Å²) < 4.78 is 6.65. The van der Waals surface area contributed by atoms with Gasteiger partial charge in [0.05, 0.1) is 6.10 Å². The highest BCUT2D eigenvalue weighted by Gasteiger charge is 2.25. The van der Waals surface area contributed by atoms with Crippen LogP contribution in [-0.2, 0) is 27.2 Å². The molecule has 32 heavy (non-hydrogen) atoms. The first-order valence-corrected chi connectivity index (χ1v) is 11.4. The van der Waals surface area contributed by atoms with Crippen LogP contribution in [0.5, 0.6) is 0 Å². The van der Waals surface area contributed by atoms with E-state index in [1.807, 2.05) is 0 Å². The van der Waals surface area contributed by atoms with Crippen LogP contribution < -0.4 is 0 Å². The van der Waals surface area contributed by atoms with E-state index in [9.17, 15) is 0 Å². The molecule has 0 fully saturated rings. The van der Waals surface area contributed by atoms with Crippen molar-refractivity contribution in [1.29, 1.82) is 0 Å². The van der Waals surface area contributed by atoms with Crippen molar-refractivity contribution in [3.8, 4) is 0 Å². The second-order valence-electron chi connectivity index (χ2n) is 8.00. The predicted octanol–water partition coefficient (Wildman–Crippen LogP) is 4.56. The number of carboxylic acid groups (broad SMARTS) is 2. The first-order chi connectivity index (χ1) is 15.4. The fourth-order valence-corrected chi connectivity index (χ4v) is 4.06. The standard InChI is InChI=1S/C24H33NO.C2H2O4/c1-4-25(5-2)18-10-11-19(3)26-24-22-14-8-6-12-20(22)16-17-21-13-7-9-15-23(21)24;3-1(4)2(5)6/h6-9,12-15,19,24H,4-5,10-11,16-18H2,1-3H3;(H,3,4)(H,5,6). The minimum absolute atomic E-state index is 0.0633. The van der Waals surface area contributed by atoms with Gasteiger partial charge in [-0.2, -0.15) is 0 Å². The largest absolute Gasteiger partial charge is 0.473 e. The number of benzene rings is 2. The van der Waals surface area contributed by atoms with Crippen molar-refractivity contribution < 1.29 is 24.5 Å². The van der Waals surface area contributed by atoms with Gasteiger partial charge in [-0.3, -0.25) is 0 Å². The van der Waals surface area contributed by atoms with E-state index in [0.717, 1.165) is 32.4 Å². The molecule has 0 radical (unpaired) electrons. The normalized spacial score (nSPS) is 13.9. The number of ether oxygens (including phenoxy) is 1. The summed E-state index contributed by atoms with van der Waals surface area (Å²) in [6.45, 7) is 10.1. The first kappa shape index (κ1) is 25.6. The van der Waals surface area contributed by atoms with Crippen molar-refractivity contribution in [2.24, 2.45) is 0 Å². The third-order valence-corrected chi connectivity index (χ3v) is 5.87. The van der Waals surface area contributed by atoms with E-state index in [0.29, 0.717) is 0 Å². The van der Waals surface area contributed by atoms with Crippen molar-refractivity contribution in [2.45, 2.75) is 58.7 Å². The number of carboxylic acids is 2. The van der Waals surface area contributed by atoms with Crippen LogP contribution in [0.2, 0.25) is 0 Å². The number of hydrogen-bond acceptors (Lipinski definition) is 4. The van der Waals surface area contributed by atoms with Gasteiger partial charge in [0.25, 0.3) is 0 Å². The van der Waals surface area contributed by atoms with E-state index in [4.69, 9.17) is 24.5 Å².